The van der Waals surface area contributed by atoms with Gasteiger partial charge in [-0.15, -0.1) is 0 Å². The van der Waals surface area contributed by atoms with E-state index in [1.54, 1.807) is 31.6 Å². The molecule has 2 heterocycles. The molecule has 0 amide bonds. The van der Waals surface area contributed by atoms with E-state index in [1.807, 2.05) is 0 Å². The molecule has 14 heavy (non-hydrogen) atoms. The molecule has 0 aliphatic rings. The summed E-state index contributed by atoms with van der Waals surface area (Å²) in [5.74, 6) is 0.248. The van der Waals surface area contributed by atoms with E-state index in [0.717, 1.165) is 5.06 Å². The highest BCUT2D eigenvalue weighted by Gasteiger charge is 2.13. The average Bonchev–Trinajstić information content (AvgIpc) is 2.88. The summed E-state index contributed by atoms with van der Waals surface area (Å²) in [6.45, 7) is 0. The van der Waals surface area contributed by atoms with E-state index in [1.165, 1.54) is 11.3 Å². The number of nitrogens with one attached hydrogen (secondary N) is 1. The number of H-pyrrole nitrogens is 1. The second kappa shape index (κ2) is 3.63. The molecule has 1 N–H and O–H groups in total. The van der Waals surface area contributed by atoms with Crippen LogP contribution in [0.3, 0.4) is 0 Å². The Morgan fingerprint density at radius 2 is 2.43 bits per heavy atom. The Morgan fingerprint density at radius 1 is 1.57 bits per heavy atom. The van der Waals surface area contributed by atoms with Gasteiger partial charge in [0.1, 0.15) is 0 Å². The molecule has 2 rings (SSSR count). The van der Waals surface area contributed by atoms with Crippen molar-refractivity contribution in [1.29, 1.82) is 0 Å². The zero-order valence-corrected chi connectivity index (χ0v) is 8.30. The standard InChI is InChI=1S/C9H8N2O2S/c1-13-7-3-2-6(14-7)8(12)9-10-4-5-11-9/h2-5H,1H3,(H,10,11). The SMILES string of the molecule is COc1ccc(C(=O)c2ncc[nH]2)s1. The summed E-state index contributed by atoms with van der Waals surface area (Å²) < 4.78 is 5.00. The van der Waals surface area contributed by atoms with Crippen molar-refractivity contribution in [1.82, 2.24) is 9.97 Å². The smallest absolute Gasteiger partial charge is 0.238 e. The maximum absolute atomic E-state index is 11.7. The topological polar surface area (TPSA) is 55.0 Å². The van der Waals surface area contributed by atoms with Crippen LogP contribution in [0, 0.1) is 0 Å². The normalized spacial score (nSPS) is 10.1. The summed E-state index contributed by atoms with van der Waals surface area (Å²) in [6, 6.07) is 3.50. The molecule has 0 aliphatic carbocycles. The van der Waals surface area contributed by atoms with Crippen LogP contribution in [0.2, 0.25) is 0 Å². The molecule has 4 nitrogen and oxygen atoms in total. The summed E-state index contributed by atoms with van der Waals surface area (Å²) in [6.07, 6.45) is 3.18. The number of hydrogen-bond donors (Lipinski definition) is 1. The maximum Gasteiger partial charge on any atom is 0.238 e. The molecule has 0 radical (unpaired) electrons. The van der Waals surface area contributed by atoms with Gasteiger partial charge in [-0.3, -0.25) is 4.79 Å². The fourth-order valence-electron chi connectivity index (χ4n) is 1.06. The van der Waals surface area contributed by atoms with E-state index in [4.69, 9.17) is 4.74 Å². The highest BCUT2D eigenvalue weighted by molar-refractivity contribution is 7.16. The molecule has 5 heteroatoms. The monoisotopic (exact) mass is 208 g/mol. The average molecular weight is 208 g/mol. The Morgan fingerprint density at radius 3 is 3.00 bits per heavy atom. The predicted octanol–water partition coefficient (Wildman–Crippen LogP) is 1.71. The molecule has 0 unspecified atom stereocenters. The summed E-state index contributed by atoms with van der Waals surface area (Å²) in [7, 11) is 1.58. The van der Waals surface area contributed by atoms with E-state index in [-0.39, 0.29) is 5.78 Å². The third-order valence-electron chi connectivity index (χ3n) is 1.72. The van der Waals surface area contributed by atoms with E-state index >= 15 is 0 Å². The molecule has 2 aromatic heterocycles. The highest BCUT2D eigenvalue weighted by atomic mass is 32.1. The number of thiophene rings is 1. The number of nitrogens with zero attached hydrogens (tertiary/aromatic N) is 1. The van der Waals surface area contributed by atoms with E-state index < -0.39 is 0 Å². The number of aromatic amines is 1. The van der Waals surface area contributed by atoms with Crippen LogP contribution in [-0.2, 0) is 0 Å². The predicted molar refractivity (Wildman–Crippen MR) is 52.9 cm³/mol. The van der Waals surface area contributed by atoms with E-state index in [9.17, 15) is 4.79 Å². The van der Waals surface area contributed by atoms with Gasteiger partial charge in [0.25, 0.3) is 0 Å². The number of aromatic nitrogens is 2. The third kappa shape index (κ3) is 1.54. The van der Waals surface area contributed by atoms with Crippen molar-refractivity contribution in [2.75, 3.05) is 7.11 Å². The van der Waals surface area contributed by atoms with Crippen molar-refractivity contribution < 1.29 is 9.53 Å². The van der Waals surface area contributed by atoms with Crippen LogP contribution >= 0.6 is 11.3 Å². The molecule has 2 aromatic rings. The van der Waals surface area contributed by atoms with Crippen LogP contribution in [0.15, 0.2) is 24.5 Å². The fourth-order valence-corrected chi connectivity index (χ4v) is 1.82. The van der Waals surface area contributed by atoms with Gasteiger partial charge in [0.2, 0.25) is 5.78 Å². The largest absolute Gasteiger partial charge is 0.487 e. The third-order valence-corrected chi connectivity index (χ3v) is 2.76. The number of methoxy groups -OCH3 is 1. The first-order valence-electron chi connectivity index (χ1n) is 3.99. The van der Waals surface area contributed by atoms with Crippen molar-refractivity contribution in [2.24, 2.45) is 0 Å². The lowest BCUT2D eigenvalue weighted by atomic mass is 10.3. The molecule has 0 spiro atoms. The molecule has 0 saturated heterocycles. The first kappa shape index (κ1) is 8.96. The van der Waals surface area contributed by atoms with Gasteiger partial charge < -0.3 is 9.72 Å². The van der Waals surface area contributed by atoms with Gasteiger partial charge in [-0.2, -0.15) is 0 Å². The van der Waals surface area contributed by atoms with Gasteiger partial charge in [-0.25, -0.2) is 4.98 Å². The lowest BCUT2D eigenvalue weighted by Crippen LogP contribution is -2.00. The van der Waals surface area contributed by atoms with Crippen LogP contribution < -0.4 is 4.74 Å². The van der Waals surface area contributed by atoms with Crippen molar-refractivity contribution in [2.45, 2.75) is 0 Å². The van der Waals surface area contributed by atoms with Crippen molar-refractivity contribution in [3.8, 4) is 5.06 Å². The number of rotatable bonds is 3. The molecule has 0 fully saturated rings. The Kier molecular flexibility index (Phi) is 2.32. The summed E-state index contributed by atoms with van der Waals surface area (Å²) >= 11 is 1.31. The van der Waals surface area contributed by atoms with E-state index in [0.29, 0.717) is 10.7 Å². The van der Waals surface area contributed by atoms with Crippen LogP contribution in [0.25, 0.3) is 0 Å². The van der Waals surface area contributed by atoms with Gasteiger partial charge in [-0.1, -0.05) is 11.3 Å². The first-order valence-corrected chi connectivity index (χ1v) is 4.81. The molecular weight excluding hydrogens is 200 g/mol. The number of carbonyl (C=O) groups excluding carboxylic acids is 1. The lowest BCUT2D eigenvalue weighted by molar-refractivity contribution is 0.103. The van der Waals surface area contributed by atoms with Crippen LogP contribution in [-0.4, -0.2) is 22.9 Å². The number of carbonyl (C=O) groups is 1. The van der Waals surface area contributed by atoms with Crippen molar-refractivity contribution in [3.63, 3.8) is 0 Å². The first-order chi connectivity index (χ1) is 6.81. The van der Waals surface area contributed by atoms with Gasteiger partial charge in [0, 0.05) is 12.4 Å². The molecule has 0 aromatic carbocycles. The highest BCUT2D eigenvalue weighted by Crippen LogP contribution is 2.25. The number of imidazole rings is 1. The molecule has 0 atom stereocenters. The Hall–Kier alpha value is -1.62. The Labute approximate surface area is 84.6 Å². The molecule has 0 aliphatic heterocycles. The van der Waals surface area contributed by atoms with Gasteiger partial charge in [-0.05, 0) is 12.1 Å². The number of ether oxygens (including phenoxy) is 1. The van der Waals surface area contributed by atoms with Gasteiger partial charge >= 0.3 is 0 Å². The quantitative estimate of drug-likeness (QED) is 0.781. The number of hydrogen-bond acceptors (Lipinski definition) is 4. The fraction of sp³-hybridized carbons (Fsp3) is 0.111. The van der Waals surface area contributed by atoms with Gasteiger partial charge in [0.05, 0.1) is 12.0 Å². The van der Waals surface area contributed by atoms with Crippen molar-refractivity contribution in [3.05, 3.63) is 35.2 Å². The number of ketones is 1. The van der Waals surface area contributed by atoms with Crippen molar-refractivity contribution >= 4 is 17.1 Å². The second-order valence-electron chi connectivity index (χ2n) is 2.59. The minimum atomic E-state index is -0.108. The Bertz CT molecular complexity index is 433. The van der Waals surface area contributed by atoms with E-state index in [2.05, 4.69) is 9.97 Å². The zero-order chi connectivity index (χ0) is 9.97. The van der Waals surface area contributed by atoms with Crippen LogP contribution in [0.4, 0.5) is 0 Å². The summed E-state index contributed by atoms with van der Waals surface area (Å²) in [4.78, 5) is 19.0. The second-order valence-corrected chi connectivity index (χ2v) is 3.64. The minimum absolute atomic E-state index is 0.108. The minimum Gasteiger partial charge on any atom is -0.487 e. The molecule has 0 saturated carbocycles. The maximum atomic E-state index is 11.7. The lowest BCUT2D eigenvalue weighted by Gasteiger charge is -1.91. The Balaban J connectivity index is 2.28. The van der Waals surface area contributed by atoms with Gasteiger partial charge in [0.15, 0.2) is 10.9 Å². The molecular formula is C9H8N2O2S. The summed E-state index contributed by atoms with van der Waals surface area (Å²) in [5.41, 5.74) is 0. The molecule has 0 bridgehead atoms. The zero-order valence-electron chi connectivity index (χ0n) is 7.48. The summed E-state index contributed by atoms with van der Waals surface area (Å²) in [5, 5.41) is 0.722. The molecule has 72 valence electrons. The van der Waals surface area contributed by atoms with Crippen LogP contribution in [0.1, 0.15) is 15.5 Å². The van der Waals surface area contributed by atoms with Crippen LogP contribution in [0.5, 0.6) is 5.06 Å².